The fraction of sp³-hybridized carbons (Fsp3) is 1.00. The smallest absolute Gasteiger partial charge is 0.0884 e. The number of rotatable bonds is 8. The highest BCUT2D eigenvalue weighted by molar-refractivity contribution is 4.73. The topological polar surface area (TPSA) is 18.5 Å². The van der Waals surface area contributed by atoms with Crippen LogP contribution in [0.25, 0.3) is 0 Å². The molecule has 0 aromatic heterocycles. The maximum Gasteiger partial charge on any atom is 0.0884 e. The summed E-state index contributed by atoms with van der Waals surface area (Å²) in [5, 5.41) is 0. The van der Waals surface area contributed by atoms with E-state index in [0.717, 1.165) is 26.1 Å². The average molecular weight is 244 g/mol. The molecule has 0 bridgehead atoms. The van der Waals surface area contributed by atoms with Gasteiger partial charge in [0.2, 0.25) is 0 Å². The molecule has 1 unspecified atom stereocenters. The molecule has 0 aromatic rings. The van der Waals surface area contributed by atoms with E-state index in [9.17, 15) is 0 Å². The van der Waals surface area contributed by atoms with Gasteiger partial charge in [-0.2, -0.15) is 0 Å². The van der Waals surface area contributed by atoms with E-state index in [1.54, 1.807) is 0 Å². The second-order valence-electron chi connectivity index (χ2n) is 6.89. The van der Waals surface area contributed by atoms with Crippen molar-refractivity contribution in [2.75, 3.05) is 19.8 Å². The molecule has 0 spiro atoms. The number of hydrogen-bond donors (Lipinski definition) is 0. The normalized spacial score (nSPS) is 16.2. The van der Waals surface area contributed by atoms with Gasteiger partial charge >= 0.3 is 0 Å². The molecule has 2 heteroatoms. The first-order chi connectivity index (χ1) is 7.68. The summed E-state index contributed by atoms with van der Waals surface area (Å²) in [5.41, 5.74) is 0.104. The van der Waals surface area contributed by atoms with Gasteiger partial charge < -0.3 is 9.47 Å². The highest BCUT2D eigenvalue weighted by Crippen LogP contribution is 2.19. The summed E-state index contributed by atoms with van der Waals surface area (Å²) in [6.45, 7) is 17.6. The van der Waals surface area contributed by atoms with E-state index >= 15 is 0 Å². The Labute approximate surface area is 108 Å². The minimum Gasteiger partial charge on any atom is -0.378 e. The first-order valence-electron chi connectivity index (χ1n) is 6.90. The number of hydrogen-bond acceptors (Lipinski definition) is 2. The molecule has 0 radical (unpaired) electrons. The highest BCUT2D eigenvalue weighted by atomic mass is 16.5. The summed E-state index contributed by atoms with van der Waals surface area (Å²) in [5.74, 6) is 0.701. The lowest BCUT2D eigenvalue weighted by Gasteiger charge is -2.30. The van der Waals surface area contributed by atoms with Gasteiger partial charge in [-0.05, 0) is 31.1 Å². The van der Waals surface area contributed by atoms with Gasteiger partial charge in [0.1, 0.15) is 0 Å². The molecule has 0 N–H and O–H groups in total. The van der Waals surface area contributed by atoms with Crippen molar-refractivity contribution in [3.8, 4) is 0 Å². The van der Waals surface area contributed by atoms with Crippen LogP contribution in [0.4, 0.5) is 0 Å². The van der Waals surface area contributed by atoms with Crippen LogP contribution in [0, 0.1) is 11.3 Å². The van der Waals surface area contributed by atoms with Crippen molar-refractivity contribution in [2.24, 2.45) is 11.3 Å². The van der Waals surface area contributed by atoms with E-state index in [4.69, 9.17) is 9.47 Å². The van der Waals surface area contributed by atoms with E-state index in [0.29, 0.717) is 12.5 Å². The van der Waals surface area contributed by atoms with Crippen LogP contribution in [0.3, 0.4) is 0 Å². The summed E-state index contributed by atoms with van der Waals surface area (Å²) in [7, 11) is 0. The molecule has 104 valence electrons. The van der Waals surface area contributed by atoms with Crippen molar-refractivity contribution in [3.63, 3.8) is 0 Å². The van der Waals surface area contributed by atoms with Crippen LogP contribution in [-0.4, -0.2) is 25.4 Å². The largest absolute Gasteiger partial charge is 0.378 e. The summed E-state index contributed by atoms with van der Waals surface area (Å²) < 4.78 is 11.8. The summed E-state index contributed by atoms with van der Waals surface area (Å²) in [6, 6.07) is 0. The third-order valence-electron chi connectivity index (χ3n) is 2.84. The van der Waals surface area contributed by atoms with Gasteiger partial charge in [-0.3, -0.25) is 0 Å². The molecule has 0 amide bonds. The maximum atomic E-state index is 5.98. The molecule has 17 heavy (non-hydrogen) atoms. The van der Waals surface area contributed by atoms with E-state index in [1.165, 1.54) is 0 Å². The Balaban J connectivity index is 3.93. The predicted octanol–water partition coefficient (Wildman–Crippen LogP) is 4.28. The highest BCUT2D eigenvalue weighted by Gasteiger charge is 2.24. The molecule has 0 fully saturated rings. The van der Waals surface area contributed by atoms with Crippen LogP contribution in [0.5, 0.6) is 0 Å². The first kappa shape index (κ1) is 16.9. The molecule has 0 rings (SSSR count). The molecule has 0 aliphatic rings. The monoisotopic (exact) mass is 244 g/mol. The summed E-state index contributed by atoms with van der Waals surface area (Å²) >= 11 is 0. The van der Waals surface area contributed by atoms with Gasteiger partial charge in [-0.1, -0.05) is 41.5 Å². The van der Waals surface area contributed by atoms with Gasteiger partial charge in [0, 0.05) is 6.61 Å². The molecule has 0 aromatic carbocycles. The van der Waals surface area contributed by atoms with Crippen molar-refractivity contribution in [1.29, 1.82) is 0 Å². The molecule has 0 saturated heterocycles. The van der Waals surface area contributed by atoms with Crippen LogP contribution < -0.4 is 0 Å². The number of ether oxygens (including phenoxy) is 2. The van der Waals surface area contributed by atoms with Gasteiger partial charge in [0.25, 0.3) is 0 Å². The molecule has 0 aliphatic carbocycles. The third-order valence-corrected chi connectivity index (χ3v) is 2.84. The van der Waals surface area contributed by atoms with Crippen LogP contribution >= 0.6 is 0 Å². The Morgan fingerprint density at radius 2 is 1.59 bits per heavy atom. The molecule has 0 heterocycles. The molecule has 1 atom stereocenters. The Morgan fingerprint density at radius 3 is 2.00 bits per heavy atom. The fourth-order valence-corrected chi connectivity index (χ4v) is 1.36. The third kappa shape index (κ3) is 9.61. The van der Waals surface area contributed by atoms with Gasteiger partial charge in [0.15, 0.2) is 0 Å². The van der Waals surface area contributed by atoms with Crippen molar-refractivity contribution < 1.29 is 9.47 Å². The van der Waals surface area contributed by atoms with Crippen molar-refractivity contribution in [2.45, 2.75) is 66.9 Å². The minimum absolute atomic E-state index is 0.125. The van der Waals surface area contributed by atoms with E-state index in [1.807, 2.05) is 0 Å². The van der Waals surface area contributed by atoms with Gasteiger partial charge in [-0.15, -0.1) is 0 Å². The molecular formula is C15H32O2. The van der Waals surface area contributed by atoms with Crippen LogP contribution in [0.2, 0.25) is 0 Å². The molecule has 0 aliphatic heterocycles. The Kier molecular flexibility index (Phi) is 7.34. The standard InChI is InChI=1S/C15H32O2/c1-8-15(7,17-10-9-13(2)3)12-16-11-14(4,5)6/h13H,8-12H2,1-7H3. The van der Waals surface area contributed by atoms with E-state index in [2.05, 4.69) is 48.5 Å². The quantitative estimate of drug-likeness (QED) is 0.634. The SMILES string of the molecule is CCC(C)(COCC(C)(C)C)OCCC(C)C. The van der Waals surface area contributed by atoms with Crippen molar-refractivity contribution in [3.05, 3.63) is 0 Å². The van der Waals surface area contributed by atoms with Gasteiger partial charge in [-0.25, -0.2) is 0 Å². The zero-order valence-corrected chi connectivity index (χ0v) is 12.9. The Bertz CT molecular complexity index is 194. The first-order valence-corrected chi connectivity index (χ1v) is 6.90. The minimum atomic E-state index is -0.125. The van der Waals surface area contributed by atoms with Crippen LogP contribution in [0.15, 0.2) is 0 Å². The lowest BCUT2D eigenvalue weighted by molar-refractivity contribution is -0.0997. The Hall–Kier alpha value is -0.0800. The van der Waals surface area contributed by atoms with Crippen LogP contribution in [-0.2, 0) is 9.47 Å². The lowest BCUT2D eigenvalue weighted by atomic mass is 9.98. The molecule has 0 saturated carbocycles. The molecular weight excluding hydrogens is 212 g/mol. The lowest BCUT2D eigenvalue weighted by Crippen LogP contribution is -2.35. The van der Waals surface area contributed by atoms with Crippen LogP contribution in [0.1, 0.15) is 61.3 Å². The Morgan fingerprint density at radius 1 is 1.00 bits per heavy atom. The molecule has 2 nitrogen and oxygen atoms in total. The summed E-state index contributed by atoms with van der Waals surface area (Å²) in [4.78, 5) is 0. The second-order valence-corrected chi connectivity index (χ2v) is 6.89. The zero-order valence-electron chi connectivity index (χ0n) is 12.9. The maximum absolute atomic E-state index is 5.98. The zero-order chi connectivity index (χ0) is 13.5. The van der Waals surface area contributed by atoms with Crippen molar-refractivity contribution in [1.82, 2.24) is 0 Å². The predicted molar refractivity (Wildman–Crippen MR) is 74.4 cm³/mol. The fourth-order valence-electron chi connectivity index (χ4n) is 1.36. The van der Waals surface area contributed by atoms with Crippen molar-refractivity contribution >= 4 is 0 Å². The van der Waals surface area contributed by atoms with E-state index in [-0.39, 0.29) is 11.0 Å². The average Bonchev–Trinajstić information content (AvgIpc) is 2.15. The second kappa shape index (κ2) is 7.38. The van der Waals surface area contributed by atoms with Gasteiger partial charge in [0.05, 0.1) is 18.8 Å². The summed E-state index contributed by atoms with van der Waals surface area (Å²) in [6.07, 6.45) is 2.12. The van der Waals surface area contributed by atoms with E-state index < -0.39 is 0 Å².